The van der Waals surface area contributed by atoms with Gasteiger partial charge < -0.3 is 20.9 Å². The van der Waals surface area contributed by atoms with E-state index in [9.17, 15) is 4.79 Å². The van der Waals surface area contributed by atoms with Crippen LogP contribution in [0, 0.1) is 6.92 Å². The van der Waals surface area contributed by atoms with E-state index in [1.54, 1.807) is 7.05 Å². The molecule has 5 heteroatoms. The molecule has 0 radical (unpaired) electrons. The van der Waals surface area contributed by atoms with E-state index in [0.717, 1.165) is 16.9 Å². The first-order valence-electron chi connectivity index (χ1n) is 6.38. The highest BCUT2D eigenvalue weighted by Crippen LogP contribution is 2.25. The third-order valence-electron chi connectivity index (χ3n) is 3.06. The fourth-order valence-electron chi connectivity index (χ4n) is 1.98. The molecule has 1 aromatic rings. The predicted molar refractivity (Wildman–Crippen MR) is 74.4 cm³/mol. The molecule has 0 amide bonds. The maximum atomic E-state index is 10.8. The summed E-state index contributed by atoms with van der Waals surface area (Å²) in [6.45, 7) is 4.54. The van der Waals surface area contributed by atoms with Gasteiger partial charge in [-0.1, -0.05) is 12.1 Å². The minimum absolute atomic E-state index is 0.0829. The van der Waals surface area contributed by atoms with E-state index in [0.29, 0.717) is 13.0 Å². The maximum Gasteiger partial charge on any atom is 0.320 e. The maximum absolute atomic E-state index is 10.8. The number of carbonyl (C=O) groups is 1. The summed E-state index contributed by atoms with van der Waals surface area (Å²) in [5, 5.41) is 12.0. The highest BCUT2D eigenvalue weighted by Gasteiger charge is 2.19. The van der Waals surface area contributed by atoms with Crippen LogP contribution >= 0.6 is 0 Å². The fourth-order valence-corrected chi connectivity index (χ4v) is 1.98. The molecule has 5 nitrogen and oxygen atoms in total. The van der Waals surface area contributed by atoms with Gasteiger partial charge in [-0.25, -0.2) is 0 Å². The number of nitrogens with two attached hydrogens (primary N) is 1. The summed E-state index contributed by atoms with van der Waals surface area (Å²) in [7, 11) is 1.80. The number of aryl methyl sites for hydroxylation is 1. The second-order valence-electron chi connectivity index (χ2n) is 4.48. The van der Waals surface area contributed by atoms with E-state index in [4.69, 9.17) is 15.6 Å². The SMILES string of the molecule is CCOc1ccc(C(CC(N)C(=O)O)NC)cc1C. The van der Waals surface area contributed by atoms with Gasteiger partial charge in [-0.05, 0) is 44.5 Å². The third kappa shape index (κ3) is 4.22. The average molecular weight is 266 g/mol. The van der Waals surface area contributed by atoms with Crippen molar-refractivity contribution in [3.05, 3.63) is 29.3 Å². The summed E-state index contributed by atoms with van der Waals surface area (Å²) in [6, 6.07) is 4.89. The van der Waals surface area contributed by atoms with Crippen LogP contribution < -0.4 is 15.8 Å². The minimum atomic E-state index is -0.983. The number of aliphatic carboxylic acids is 1. The lowest BCUT2D eigenvalue weighted by Crippen LogP contribution is -2.34. The standard InChI is InChI=1S/C14H22N2O3/c1-4-19-13-6-5-10(7-9(13)2)12(16-3)8-11(15)14(17)18/h5-7,11-12,16H,4,8,15H2,1-3H3,(H,17,18). The summed E-state index contributed by atoms with van der Waals surface area (Å²) >= 11 is 0. The van der Waals surface area contributed by atoms with Crippen LogP contribution in [0.4, 0.5) is 0 Å². The number of carboxylic acids is 1. The number of hydrogen-bond acceptors (Lipinski definition) is 4. The van der Waals surface area contributed by atoms with Gasteiger partial charge in [0.2, 0.25) is 0 Å². The molecule has 0 saturated carbocycles. The van der Waals surface area contributed by atoms with E-state index >= 15 is 0 Å². The van der Waals surface area contributed by atoms with E-state index in [1.165, 1.54) is 0 Å². The third-order valence-corrected chi connectivity index (χ3v) is 3.06. The number of rotatable bonds is 7. The number of hydrogen-bond donors (Lipinski definition) is 3. The monoisotopic (exact) mass is 266 g/mol. The van der Waals surface area contributed by atoms with Crippen molar-refractivity contribution in [3.8, 4) is 5.75 Å². The van der Waals surface area contributed by atoms with Crippen LogP contribution in [0.2, 0.25) is 0 Å². The van der Waals surface area contributed by atoms with Gasteiger partial charge in [0.25, 0.3) is 0 Å². The topological polar surface area (TPSA) is 84.6 Å². The molecule has 4 N–H and O–H groups in total. The molecule has 0 aliphatic rings. The molecular formula is C14H22N2O3. The molecule has 0 spiro atoms. The first kappa shape index (κ1) is 15.5. The van der Waals surface area contributed by atoms with E-state index in [1.807, 2.05) is 32.0 Å². The second-order valence-corrected chi connectivity index (χ2v) is 4.48. The van der Waals surface area contributed by atoms with Crippen LogP contribution in [0.5, 0.6) is 5.75 Å². The average Bonchev–Trinajstić information content (AvgIpc) is 2.38. The molecular weight excluding hydrogens is 244 g/mol. The normalized spacial score (nSPS) is 13.9. The Balaban J connectivity index is 2.87. The van der Waals surface area contributed by atoms with Crippen LogP contribution in [0.15, 0.2) is 18.2 Å². The van der Waals surface area contributed by atoms with E-state index in [2.05, 4.69) is 5.32 Å². The van der Waals surface area contributed by atoms with Crippen molar-refractivity contribution < 1.29 is 14.6 Å². The number of nitrogens with one attached hydrogen (secondary N) is 1. The van der Waals surface area contributed by atoms with E-state index < -0.39 is 12.0 Å². The first-order chi connectivity index (χ1) is 8.99. The highest BCUT2D eigenvalue weighted by atomic mass is 16.5. The minimum Gasteiger partial charge on any atom is -0.494 e. The van der Waals surface area contributed by atoms with Crippen molar-refractivity contribution in [1.29, 1.82) is 0 Å². The summed E-state index contributed by atoms with van der Waals surface area (Å²) in [5.41, 5.74) is 7.63. The number of carboxylic acid groups (broad SMARTS) is 1. The van der Waals surface area contributed by atoms with Crippen LogP contribution in [0.3, 0.4) is 0 Å². The lowest BCUT2D eigenvalue weighted by molar-refractivity contribution is -0.138. The Morgan fingerprint density at radius 2 is 2.21 bits per heavy atom. The quantitative estimate of drug-likeness (QED) is 0.695. The van der Waals surface area contributed by atoms with Crippen LogP contribution in [0.1, 0.15) is 30.5 Å². The van der Waals surface area contributed by atoms with Gasteiger partial charge in [-0.15, -0.1) is 0 Å². The number of benzene rings is 1. The summed E-state index contributed by atoms with van der Waals surface area (Å²) < 4.78 is 5.49. The molecule has 0 fully saturated rings. The van der Waals surface area contributed by atoms with Crippen molar-refractivity contribution in [1.82, 2.24) is 5.32 Å². The number of ether oxygens (including phenoxy) is 1. The molecule has 2 atom stereocenters. The highest BCUT2D eigenvalue weighted by molar-refractivity contribution is 5.73. The summed E-state index contributed by atoms with van der Waals surface area (Å²) in [4.78, 5) is 10.8. The van der Waals surface area contributed by atoms with Crippen LogP contribution in [-0.2, 0) is 4.79 Å². The summed E-state index contributed by atoms with van der Waals surface area (Å²) in [6.07, 6.45) is 0.346. The molecule has 2 unspecified atom stereocenters. The van der Waals surface area contributed by atoms with Crippen LogP contribution in [-0.4, -0.2) is 30.8 Å². The lowest BCUT2D eigenvalue weighted by Gasteiger charge is -2.20. The molecule has 0 aliphatic carbocycles. The largest absolute Gasteiger partial charge is 0.494 e. The van der Waals surface area contributed by atoms with Crippen molar-refractivity contribution in [2.45, 2.75) is 32.4 Å². The zero-order valence-corrected chi connectivity index (χ0v) is 11.6. The van der Waals surface area contributed by atoms with Gasteiger partial charge in [0.05, 0.1) is 6.61 Å². The molecule has 1 rings (SSSR count). The zero-order chi connectivity index (χ0) is 14.4. The van der Waals surface area contributed by atoms with Crippen LogP contribution in [0.25, 0.3) is 0 Å². The molecule has 0 heterocycles. The second kappa shape index (κ2) is 7.11. The Hall–Kier alpha value is -1.59. The predicted octanol–water partition coefficient (Wildman–Crippen LogP) is 1.46. The van der Waals surface area contributed by atoms with Gasteiger partial charge >= 0.3 is 5.97 Å². The lowest BCUT2D eigenvalue weighted by atomic mass is 9.98. The van der Waals surface area contributed by atoms with Crippen molar-refractivity contribution in [2.24, 2.45) is 5.73 Å². The van der Waals surface area contributed by atoms with E-state index in [-0.39, 0.29) is 6.04 Å². The Morgan fingerprint density at radius 1 is 1.53 bits per heavy atom. The molecule has 0 saturated heterocycles. The van der Waals surface area contributed by atoms with Gasteiger partial charge in [0.15, 0.2) is 0 Å². The Morgan fingerprint density at radius 3 is 2.68 bits per heavy atom. The van der Waals surface area contributed by atoms with Crippen molar-refractivity contribution in [2.75, 3.05) is 13.7 Å². The fraction of sp³-hybridized carbons (Fsp3) is 0.500. The molecule has 1 aromatic carbocycles. The molecule has 0 aliphatic heterocycles. The molecule has 106 valence electrons. The molecule has 0 bridgehead atoms. The Labute approximate surface area is 113 Å². The van der Waals surface area contributed by atoms with Crippen molar-refractivity contribution >= 4 is 5.97 Å². The van der Waals surface area contributed by atoms with Gasteiger partial charge in [0.1, 0.15) is 11.8 Å². The zero-order valence-electron chi connectivity index (χ0n) is 11.6. The Kier molecular flexibility index (Phi) is 5.79. The first-order valence-corrected chi connectivity index (χ1v) is 6.38. The summed E-state index contributed by atoms with van der Waals surface area (Å²) in [5.74, 6) is -0.133. The van der Waals surface area contributed by atoms with Gasteiger partial charge in [-0.3, -0.25) is 4.79 Å². The smallest absolute Gasteiger partial charge is 0.320 e. The molecule has 0 aromatic heterocycles. The van der Waals surface area contributed by atoms with Gasteiger partial charge in [0, 0.05) is 6.04 Å². The van der Waals surface area contributed by atoms with Gasteiger partial charge in [-0.2, -0.15) is 0 Å². The Bertz CT molecular complexity index is 435. The van der Waals surface area contributed by atoms with Crippen molar-refractivity contribution in [3.63, 3.8) is 0 Å². The molecule has 19 heavy (non-hydrogen) atoms.